The predicted octanol–water partition coefficient (Wildman–Crippen LogP) is 1.04. The fourth-order valence-corrected chi connectivity index (χ4v) is 2.61. The van der Waals surface area contributed by atoms with Crippen molar-refractivity contribution in [2.45, 2.75) is 32.4 Å². The number of amides is 2. The van der Waals surface area contributed by atoms with Crippen LogP contribution in [0.2, 0.25) is 0 Å². The Bertz CT molecular complexity index is 709. The van der Waals surface area contributed by atoms with Crippen LogP contribution in [-0.4, -0.2) is 26.6 Å². The summed E-state index contributed by atoms with van der Waals surface area (Å²) in [6.07, 6.45) is 1.79. The van der Waals surface area contributed by atoms with E-state index in [9.17, 15) is 9.59 Å². The van der Waals surface area contributed by atoms with Crippen molar-refractivity contribution in [1.29, 1.82) is 0 Å². The molecule has 1 aliphatic rings. The first-order valence-electron chi connectivity index (χ1n) is 7.22. The van der Waals surface area contributed by atoms with Gasteiger partial charge in [-0.3, -0.25) is 9.59 Å². The van der Waals surface area contributed by atoms with E-state index in [1.54, 1.807) is 12.4 Å². The third-order valence-electron chi connectivity index (χ3n) is 3.77. The molecule has 22 heavy (non-hydrogen) atoms. The SMILES string of the molecule is CCn1cnnc1CNC(=O)[C@H]1CC(=O)Nc2ccccc21. The number of anilines is 1. The Morgan fingerprint density at radius 1 is 1.45 bits per heavy atom. The molecule has 0 spiro atoms. The van der Waals surface area contributed by atoms with Gasteiger partial charge in [-0.25, -0.2) is 0 Å². The minimum Gasteiger partial charge on any atom is -0.348 e. The van der Waals surface area contributed by atoms with Crippen LogP contribution < -0.4 is 10.6 Å². The summed E-state index contributed by atoms with van der Waals surface area (Å²) in [6.45, 7) is 3.02. The van der Waals surface area contributed by atoms with Gasteiger partial charge in [0, 0.05) is 18.7 Å². The Morgan fingerprint density at radius 3 is 3.09 bits per heavy atom. The summed E-state index contributed by atoms with van der Waals surface area (Å²) in [5.74, 6) is -0.0872. The van der Waals surface area contributed by atoms with Crippen molar-refractivity contribution >= 4 is 17.5 Å². The molecule has 1 aromatic heterocycles. The number of nitrogens with zero attached hydrogens (tertiary/aromatic N) is 3. The van der Waals surface area contributed by atoms with Crippen LogP contribution in [0.3, 0.4) is 0 Å². The molecule has 0 unspecified atom stereocenters. The third kappa shape index (κ3) is 2.69. The molecule has 2 amide bonds. The highest BCUT2D eigenvalue weighted by Crippen LogP contribution is 2.31. The molecule has 0 saturated carbocycles. The number of carbonyl (C=O) groups is 2. The number of para-hydroxylation sites is 1. The van der Waals surface area contributed by atoms with Crippen LogP contribution in [0, 0.1) is 0 Å². The molecule has 1 atom stereocenters. The van der Waals surface area contributed by atoms with Crippen LogP contribution in [-0.2, 0) is 22.7 Å². The number of aromatic nitrogens is 3. The molecule has 1 aliphatic heterocycles. The van der Waals surface area contributed by atoms with Gasteiger partial charge in [-0.05, 0) is 18.6 Å². The smallest absolute Gasteiger partial charge is 0.228 e. The molecule has 0 radical (unpaired) electrons. The van der Waals surface area contributed by atoms with Gasteiger partial charge in [-0.15, -0.1) is 10.2 Å². The van der Waals surface area contributed by atoms with Crippen molar-refractivity contribution in [3.05, 3.63) is 42.0 Å². The van der Waals surface area contributed by atoms with E-state index in [4.69, 9.17) is 0 Å². The summed E-state index contributed by atoms with van der Waals surface area (Å²) >= 11 is 0. The quantitative estimate of drug-likeness (QED) is 0.883. The summed E-state index contributed by atoms with van der Waals surface area (Å²) < 4.78 is 1.86. The zero-order valence-electron chi connectivity index (χ0n) is 12.2. The monoisotopic (exact) mass is 299 g/mol. The molecule has 1 aromatic carbocycles. The standard InChI is InChI=1S/C15H17N5O2/c1-2-20-9-17-19-13(20)8-16-15(22)11-7-14(21)18-12-6-4-3-5-10(11)12/h3-6,9,11H,2,7-8H2,1H3,(H,16,22)(H,18,21)/t11-/m0/s1. The maximum atomic E-state index is 12.5. The molecular weight excluding hydrogens is 282 g/mol. The Morgan fingerprint density at radius 2 is 2.27 bits per heavy atom. The second kappa shape index (κ2) is 5.97. The summed E-state index contributed by atoms with van der Waals surface area (Å²) in [5, 5.41) is 13.4. The predicted molar refractivity (Wildman–Crippen MR) is 80.0 cm³/mol. The fraction of sp³-hybridized carbons (Fsp3) is 0.333. The van der Waals surface area contributed by atoms with E-state index in [0.717, 1.165) is 12.1 Å². The first-order chi connectivity index (χ1) is 10.7. The van der Waals surface area contributed by atoms with E-state index < -0.39 is 5.92 Å². The Balaban J connectivity index is 1.74. The highest BCUT2D eigenvalue weighted by atomic mass is 16.2. The van der Waals surface area contributed by atoms with Gasteiger partial charge in [0.15, 0.2) is 5.82 Å². The van der Waals surface area contributed by atoms with Crippen LogP contribution in [0.1, 0.15) is 30.7 Å². The molecular formula is C15H17N5O2. The first kappa shape index (κ1) is 14.2. The van der Waals surface area contributed by atoms with Gasteiger partial charge < -0.3 is 15.2 Å². The van der Waals surface area contributed by atoms with Crippen LogP contribution in [0.4, 0.5) is 5.69 Å². The topological polar surface area (TPSA) is 88.9 Å². The second-order valence-electron chi connectivity index (χ2n) is 5.14. The van der Waals surface area contributed by atoms with E-state index in [0.29, 0.717) is 18.1 Å². The molecule has 3 rings (SSSR count). The summed E-state index contributed by atoms with van der Waals surface area (Å²) in [6, 6.07) is 7.38. The second-order valence-corrected chi connectivity index (χ2v) is 5.14. The lowest BCUT2D eigenvalue weighted by Gasteiger charge is -2.24. The molecule has 0 aliphatic carbocycles. The Hall–Kier alpha value is -2.70. The van der Waals surface area contributed by atoms with Gasteiger partial charge in [0.1, 0.15) is 6.33 Å². The lowest BCUT2D eigenvalue weighted by atomic mass is 9.90. The molecule has 2 aromatic rings. The maximum absolute atomic E-state index is 12.5. The van der Waals surface area contributed by atoms with Crippen molar-refractivity contribution in [2.24, 2.45) is 0 Å². The van der Waals surface area contributed by atoms with Gasteiger partial charge in [0.05, 0.1) is 12.5 Å². The maximum Gasteiger partial charge on any atom is 0.228 e. The van der Waals surface area contributed by atoms with Crippen molar-refractivity contribution in [3.63, 3.8) is 0 Å². The highest BCUT2D eigenvalue weighted by Gasteiger charge is 2.30. The minimum atomic E-state index is -0.469. The summed E-state index contributed by atoms with van der Waals surface area (Å²) in [7, 11) is 0. The van der Waals surface area contributed by atoms with Crippen LogP contribution in [0.15, 0.2) is 30.6 Å². The number of hydrogen-bond acceptors (Lipinski definition) is 4. The largest absolute Gasteiger partial charge is 0.348 e. The molecule has 7 nitrogen and oxygen atoms in total. The summed E-state index contributed by atoms with van der Waals surface area (Å²) in [5.41, 5.74) is 1.55. The lowest BCUT2D eigenvalue weighted by Crippen LogP contribution is -2.35. The van der Waals surface area contributed by atoms with Gasteiger partial charge in [0.2, 0.25) is 11.8 Å². The molecule has 0 saturated heterocycles. The number of aryl methyl sites for hydroxylation is 1. The van der Waals surface area contributed by atoms with Gasteiger partial charge in [-0.1, -0.05) is 18.2 Å². The molecule has 7 heteroatoms. The summed E-state index contributed by atoms with van der Waals surface area (Å²) in [4.78, 5) is 24.2. The number of carbonyl (C=O) groups excluding carboxylic acids is 2. The highest BCUT2D eigenvalue weighted by molar-refractivity contribution is 6.01. The molecule has 2 heterocycles. The van der Waals surface area contributed by atoms with Crippen molar-refractivity contribution in [2.75, 3.05) is 5.32 Å². The van der Waals surface area contributed by atoms with Gasteiger partial charge in [0.25, 0.3) is 0 Å². The molecule has 0 fully saturated rings. The van der Waals surface area contributed by atoms with E-state index in [2.05, 4.69) is 20.8 Å². The van der Waals surface area contributed by atoms with Gasteiger partial charge in [-0.2, -0.15) is 0 Å². The first-order valence-corrected chi connectivity index (χ1v) is 7.22. The number of rotatable bonds is 4. The number of benzene rings is 1. The normalized spacial score (nSPS) is 16.8. The van der Waals surface area contributed by atoms with Crippen molar-refractivity contribution < 1.29 is 9.59 Å². The molecule has 0 bridgehead atoms. The van der Waals surface area contributed by atoms with Crippen LogP contribution >= 0.6 is 0 Å². The third-order valence-corrected chi connectivity index (χ3v) is 3.77. The van der Waals surface area contributed by atoms with Crippen molar-refractivity contribution in [1.82, 2.24) is 20.1 Å². The van der Waals surface area contributed by atoms with Gasteiger partial charge >= 0.3 is 0 Å². The van der Waals surface area contributed by atoms with E-state index in [-0.39, 0.29) is 18.2 Å². The molecule has 114 valence electrons. The zero-order chi connectivity index (χ0) is 15.5. The average Bonchev–Trinajstić information content (AvgIpc) is 2.99. The number of hydrogen-bond donors (Lipinski definition) is 2. The number of nitrogens with one attached hydrogen (secondary N) is 2. The lowest BCUT2D eigenvalue weighted by molar-refractivity contribution is -0.126. The Kier molecular flexibility index (Phi) is 3.86. The number of fused-ring (bicyclic) bond motifs is 1. The van der Waals surface area contributed by atoms with E-state index in [1.165, 1.54) is 0 Å². The van der Waals surface area contributed by atoms with Crippen molar-refractivity contribution in [3.8, 4) is 0 Å². The van der Waals surface area contributed by atoms with Crippen LogP contribution in [0.25, 0.3) is 0 Å². The Labute approximate surface area is 127 Å². The molecule has 2 N–H and O–H groups in total. The fourth-order valence-electron chi connectivity index (χ4n) is 2.61. The van der Waals surface area contributed by atoms with Crippen LogP contribution in [0.5, 0.6) is 0 Å². The van der Waals surface area contributed by atoms with E-state index in [1.807, 2.05) is 29.7 Å². The minimum absolute atomic E-state index is 0.143. The zero-order valence-corrected chi connectivity index (χ0v) is 12.2. The van der Waals surface area contributed by atoms with E-state index >= 15 is 0 Å². The average molecular weight is 299 g/mol.